The molecule has 0 unspecified atom stereocenters. The van der Waals surface area contributed by atoms with Crippen molar-refractivity contribution < 1.29 is 33.3 Å². The first-order valence-electron chi connectivity index (χ1n) is 12.2. The summed E-state index contributed by atoms with van der Waals surface area (Å²) in [5.74, 6) is -0.513. The van der Waals surface area contributed by atoms with Crippen molar-refractivity contribution in [3.8, 4) is 16.2 Å². The van der Waals surface area contributed by atoms with Crippen LogP contribution in [0.15, 0.2) is 28.7 Å². The summed E-state index contributed by atoms with van der Waals surface area (Å²) in [5.41, 5.74) is 0.807. The third-order valence-electron chi connectivity index (χ3n) is 5.91. The minimum absolute atomic E-state index is 0.204. The van der Waals surface area contributed by atoms with Crippen molar-refractivity contribution in [1.82, 2.24) is 0 Å². The monoisotopic (exact) mass is 595 g/mol. The average Bonchev–Trinajstić information content (AvgIpc) is 3.20. The number of hydrogen-bond donors (Lipinski definition) is 0. The van der Waals surface area contributed by atoms with Crippen LogP contribution in [-0.4, -0.2) is 51.0 Å². The van der Waals surface area contributed by atoms with Gasteiger partial charge in [-0.15, -0.1) is 11.3 Å². The zero-order valence-electron chi connectivity index (χ0n) is 21.9. The van der Waals surface area contributed by atoms with Gasteiger partial charge in [-0.3, -0.25) is 4.90 Å². The number of hydrogen-bond acceptors (Lipinski definition) is 8. The lowest BCUT2D eigenvalue weighted by atomic mass is 9.89. The fraction of sp³-hybridized carbons (Fsp3) is 0.519. The lowest BCUT2D eigenvalue weighted by Gasteiger charge is -2.29. The molecule has 1 aliphatic carbocycles. The van der Waals surface area contributed by atoms with Crippen LogP contribution in [0.4, 0.5) is 10.5 Å². The Bertz CT molecular complexity index is 1120. The van der Waals surface area contributed by atoms with Gasteiger partial charge in [0.15, 0.2) is 17.2 Å². The van der Waals surface area contributed by atoms with Gasteiger partial charge in [-0.05, 0) is 73.2 Å². The Hall–Kier alpha value is -2.59. The molecule has 1 aromatic carbocycles. The quantitative estimate of drug-likeness (QED) is 0.244. The minimum atomic E-state index is -0.660. The Balaban J connectivity index is 1.93. The summed E-state index contributed by atoms with van der Waals surface area (Å²) < 4.78 is 21.6. The smallest absolute Gasteiger partial charge is 0.414 e. The van der Waals surface area contributed by atoms with Crippen molar-refractivity contribution in [1.29, 1.82) is 0 Å². The van der Waals surface area contributed by atoms with Gasteiger partial charge in [0, 0.05) is 12.2 Å². The van der Waals surface area contributed by atoms with Crippen LogP contribution in [0.5, 0.6) is 5.75 Å². The van der Waals surface area contributed by atoms with E-state index >= 15 is 0 Å². The van der Waals surface area contributed by atoms with Crippen LogP contribution in [0.2, 0.25) is 0 Å². The average molecular weight is 597 g/mol. The normalized spacial score (nSPS) is 14.1. The maximum Gasteiger partial charge on any atom is 0.414 e. The fourth-order valence-corrected chi connectivity index (χ4v) is 6.25. The largest absolute Gasteiger partial charge is 0.479 e. The van der Waals surface area contributed by atoms with Crippen molar-refractivity contribution in [3.05, 3.63) is 33.6 Å². The van der Waals surface area contributed by atoms with E-state index in [0.29, 0.717) is 27.5 Å². The molecule has 1 fully saturated rings. The molecule has 0 N–H and O–H groups in total. The molecule has 10 heteroatoms. The number of rotatable bonds is 8. The molecule has 8 nitrogen and oxygen atoms in total. The van der Waals surface area contributed by atoms with Crippen LogP contribution in [0.3, 0.4) is 0 Å². The second-order valence-electron chi connectivity index (χ2n) is 9.91. The van der Waals surface area contributed by atoms with E-state index in [0.717, 1.165) is 18.4 Å². The Morgan fingerprint density at radius 3 is 2.41 bits per heavy atom. The molecule has 0 saturated heterocycles. The number of amides is 1. The number of anilines is 1. The van der Waals surface area contributed by atoms with Gasteiger partial charge in [0.05, 0.1) is 23.6 Å². The van der Waals surface area contributed by atoms with Crippen molar-refractivity contribution >= 4 is 51.0 Å². The predicted molar refractivity (Wildman–Crippen MR) is 146 cm³/mol. The summed E-state index contributed by atoms with van der Waals surface area (Å²) in [6, 6.07) is 7.49. The maximum atomic E-state index is 12.7. The van der Waals surface area contributed by atoms with Crippen LogP contribution < -0.4 is 9.64 Å². The van der Waals surface area contributed by atoms with E-state index in [-0.39, 0.29) is 17.2 Å². The van der Waals surface area contributed by atoms with Crippen LogP contribution in [0.1, 0.15) is 62.5 Å². The van der Waals surface area contributed by atoms with E-state index in [1.807, 2.05) is 24.3 Å². The summed E-state index contributed by atoms with van der Waals surface area (Å²) in [6.45, 7) is 5.51. The molecule has 1 heterocycles. The lowest BCUT2D eigenvalue weighted by molar-refractivity contribution is -0.157. The van der Waals surface area contributed by atoms with Gasteiger partial charge < -0.3 is 18.9 Å². The molecule has 0 bridgehead atoms. The number of thiophene rings is 1. The number of carbonyl (C=O) groups is 3. The van der Waals surface area contributed by atoms with Gasteiger partial charge in [-0.25, -0.2) is 14.4 Å². The SMILES string of the molecule is COC(=O)c1sc(-c2cccc(N(CC3CCCCC3)C(=O)OC)c2)c(Br)c1OCC(=O)OC(C)(C)C. The summed E-state index contributed by atoms with van der Waals surface area (Å²) in [7, 11) is 2.67. The summed E-state index contributed by atoms with van der Waals surface area (Å²) in [4.78, 5) is 40.0. The Morgan fingerprint density at radius 2 is 1.78 bits per heavy atom. The van der Waals surface area contributed by atoms with Crippen LogP contribution in [-0.2, 0) is 19.0 Å². The minimum Gasteiger partial charge on any atom is -0.479 e. The van der Waals surface area contributed by atoms with Crippen LogP contribution >= 0.6 is 27.3 Å². The van der Waals surface area contributed by atoms with Gasteiger partial charge in [-0.2, -0.15) is 0 Å². The number of ether oxygens (including phenoxy) is 4. The van der Waals surface area contributed by atoms with Crippen LogP contribution in [0, 0.1) is 5.92 Å². The highest BCUT2D eigenvalue weighted by Gasteiger charge is 2.28. The molecule has 1 aromatic heterocycles. The Morgan fingerprint density at radius 1 is 1.08 bits per heavy atom. The molecular weight excluding hydrogens is 562 g/mol. The molecule has 202 valence electrons. The Labute approximate surface area is 230 Å². The lowest BCUT2D eigenvalue weighted by Crippen LogP contribution is -2.36. The van der Waals surface area contributed by atoms with Gasteiger partial charge in [0.2, 0.25) is 0 Å². The number of benzene rings is 1. The standard InChI is InChI=1S/C27H34BrNO7S/c1-27(2,3)36-20(30)16-35-22-21(28)23(37-24(22)25(31)33-4)18-12-9-13-19(14-18)29(26(32)34-5)15-17-10-7-6-8-11-17/h9,12-14,17H,6-8,10-11,15-16H2,1-5H3. The van der Waals surface area contributed by atoms with E-state index in [9.17, 15) is 14.4 Å². The molecule has 0 aliphatic heterocycles. The van der Waals surface area contributed by atoms with Gasteiger partial charge >= 0.3 is 18.0 Å². The highest BCUT2D eigenvalue weighted by Crippen LogP contribution is 2.46. The molecule has 1 aliphatic rings. The third kappa shape index (κ3) is 7.70. The van der Waals surface area contributed by atoms with Crippen LogP contribution in [0.25, 0.3) is 10.4 Å². The van der Waals surface area contributed by atoms with E-state index < -0.39 is 23.6 Å². The Kier molecular flexibility index (Phi) is 10.0. The van der Waals surface area contributed by atoms with Gasteiger partial charge in [0.1, 0.15) is 5.60 Å². The number of esters is 2. The van der Waals surface area contributed by atoms with Crippen molar-refractivity contribution in [3.63, 3.8) is 0 Å². The molecule has 0 atom stereocenters. The topological polar surface area (TPSA) is 91.4 Å². The zero-order valence-corrected chi connectivity index (χ0v) is 24.3. The molecule has 1 amide bonds. The maximum absolute atomic E-state index is 12.7. The van der Waals surface area contributed by atoms with Crippen molar-refractivity contribution in [2.75, 3.05) is 32.3 Å². The molecule has 0 spiro atoms. The third-order valence-corrected chi connectivity index (χ3v) is 8.13. The fourth-order valence-electron chi connectivity index (χ4n) is 4.28. The first kappa shape index (κ1) is 29.0. The summed E-state index contributed by atoms with van der Waals surface area (Å²) in [5, 5.41) is 0. The first-order valence-corrected chi connectivity index (χ1v) is 13.9. The second-order valence-corrected chi connectivity index (χ2v) is 11.7. The highest BCUT2D eigenvalue weighted by atomic mass is 79.9. The highest BCUT2D eigenvalue weighted by molar-refractivity contribution is 9.10. The first-order chi connectivity index (χ1) is 17.5. The summed E-state index contributed by atoms with van der Waals surface area (Å²) in [6.07, 6.45) is 5.34. The zero-order chi connectivity index (χ0) is 27.2. The van der Waals surface area contributed by atoms with E-state index in [1.165, 1.54) is 44.8 Å². The van der Waals surface area contributed by atoms with E-state index in [4.69, 9.17) is 18.9 Å². The molecule has 2 aromatic rings. The number of methoxy groups -OCH3 is 2. The number of nitrogens with zero attached hydrogens (tertiary/aromatic N) is 1. The molecule has 0 radical (unpaired) electrons. The number of halogens is 1. The van der Waals surface area contributed by atoms with Crippen molar-refractivity contribution in [2.24, 2.45) is 5.92 Å². The second kappa shape index (κ2) is 12.8. The summed E-state index contributed by atoms with van der Waals surface area (Å²) >= 11 is 4.73. The molecule has 37 heavy (non-hydrogen) atoms. The van der Waals surface area contributed by atoms with E-state index in [1.54, 1.807) is 25.7 Å². The predicted octanol–water partition coefficient (Wildman–Crippen LogP) is 6.84. The van der Waals surface area contributed by atoms with E-state index in [2.05, 4.69) is 15.9 Å². The molecular formula is C27H34BrNO7S. The molecule has 3 rings (SSSR count). The van der Waals surface area contributed by atoms with Crippen molar-refractivity contribution in [2.45, 2.75) is 58.5 Å². The van der Waals surface area contributed by atoms with Gasteiger partial charge in [-0.1, -0.05) is 31.4 Å². The molecule has 1 saturated carbocycles. The van der Waals surface area contributed by atoms with Gasteiger partial charge in [0.25, 0.3) is 0 Å². The number of carbonyl (C=O) groups excluding carboxylic acids is 3.